The van der Waals surface area contributed by atoms with E-state index in [1.165, 1.54) is 26.2 Å². The first-order chi connectivity index (χ1) is 15.9. The molecule has 34 heavy (non-hydrogen) atoms. The first-order valence-corrected chi connectivity index (χ1v) is 11.0. The van der Waals surface area contributed by atoms with Crippen molar-refractivity contribution in [2.24, 2.45) is 20.7 Å². The molecular formula is C20H20F3N5O5S. The number of sulfonamides is 1. The van der Waals surface area contributed by atoms with Gasteiger partial charge in [0.05, 0.1) is 7.11 Å². The highest BCUT2D eigenvalue weighted by Gasteiger charge is 2.40. The average molecular weight is 499 g/mol. The van der Waals surface area contributed by atoms with Gasteiger partial charge in [-0.3, -0.25) is 0 Å². The number of alkyl halides is 3. The summed E-state index contributed by atoms with van der Waals surface area (Å²) >= 11 is 0. The summed E-state index contributed by atoms with van der Waals surface area (Å²) < 4.78 is 80.3. The maximum absolute atomic E-state index is 13.4. The van der Waals surface area contributed by atoms with E-state index in [4.69, 9.17) is 15.2 Å². The summed E-state index contributed by atoms with van der Waals surface area (Å²) in [6.45, 7) is 3.22. The highest BCUT2D eigenvalue weighted by molar-refractivity contribution is 7.89. The van der Waals surface area contributed by atoms with Crippen LogP contribution in [0.4, 0.5) is 13.2 Å². The number of ether oxygens (including phenoxy) is 3. The molecule has 1 aliphatic heterocycles. The van der Waals surface area contributed by atoms with Crippen molar-refractivity contribution < 1.29 is 35.8 Å². The van der Waals surface area contributed by atoms with E-state index in [-0.39, 0.29) is 6.02 Å². The number of aryl methyl sites for hydroxylation is 1. The summed E-state index contributed by atoms with van der Waals surface area (Å²) in [6, 6.07) is 10.3. The standard InChI is InChI=1S/C20H20F3N5O5S/c1-12-8-10-14(11-9-12)32-17(24)26-18-27-19(31-3)25-13(2)28(18)34(29,30)16-7-5-4-6-15(16)33-20(21,22)23/h4-11,13H,1-3H3,(H2,24,25,26,27). The Bertz CT molecular complexity index is 1240. The van der Waals surface area contributed by atoms with E-state index >= 15 is 0 Å². The highest BCUT2D eigenvalue weighted by Crippen LogP contribution is 2.33. The second kappa shape index (κ2) is 9.59. The number of aliphatic imine (C=N–C) groups is 3. The van der Waals surface area contributed by atoms with Gasteiger partial charge in [0, 0.05) is 0 Å². The number of amidine groups is 2. The van der Waals surface area contributed by atoms with E-state index in [0.717, 1.165) is 17.7 Å². The van der Waals surface area contributed by atoms with E-state index < -0.39 is 45.2 Å². The normalized spacial score (nSPS) is 17.1. The lowest BCUT2D eigenvalue weighted by molar-refractivity contribution is -0.275. The van der Waals surface area contributed by atoms with Gasteiger partial charge >= 0.3 is 12.4 Å². The number of benzene rings is 2. The van der Waals surface area contributed by atoms with Crippen LogP contribution < -0.4 is 15.2 Å². The van der Waals surface area contributed by atoms with Gasteiger partial charge in [0.2, 0.25) is 0 Å². The molecule has 0 fully saturated rings. The molecule has 0 saturated carbocycles. The lowest BCUT2D eigenvalue weighted by Crippen LogP contribution is -2.46. The van der Waals surface area contributed by atoms with E-state index in [2.05, 4.69) is 19.7 Å². The second-order valence-corrected chi connectivity index (χ2v) is 8.60. The van der Waals surface area contributed by atoms with E-state index in [1.54, 1.807) is 24.3 Å². The van der Waals surface area contributed by atoms with Gasteiger partial charge in [-0.25, -0.2) is 17.7 Å². The molecule has 1 heterocycles. The van der Waals surface area contributed by atoms with E-state index in [9.17, 15) is 21.6 Å². The molecule has 0 radical (unpaired) electrons. The molecule has 3 rings (SSSR count). The number of halogens is 3. The van der Waals surface area contributed by atoms with Gasteiger partial charge in [0.25, 0.3) is 22.0 Å². The van der Waals surface area contributed by atoms with Crippen molar-refractivity contribution in [1.29, 1.82) is 0 Å². The maximum Gasteiger partial charge on any atom is 0.573 e. The van der Waals surface area contributed by atoms with Gasteiger partial charge in [-0.15, -0.1) is 13.2 Å². The van der Waals surface area contributed by atoms with Crippen molar-refractivity contribution in [2.45, 2.75) is 31.3 Å². The molecule has 0 amide bonds. The molecule has 0 aliphatic carbocycles. The fourth-order valence-electron chi connectivity index (χ4n) is 2.85. The second-order valence-electron chi connectivity index (χ2n) is 6.82. The summed E-state index contributed by atoms with van der Waals surface area (Å²) in [5, 5.41) is 0. The summed E-state index contributed by atoms with van der Waals surface area (Å²) in [4.78, 5) is 11.0. The summed E-state index contributed by atoms with van der Waals surface area (Å²) in [7, 11) is -3.47. The van der Waals surface area contributed by atoms with Crippen molar-refractivity contribution in [3.05, 3.63) is 54.1 Å². The molecule has 10 nitrogen and oxygen atoms in total. The largest absolute Gasteiger partial charge is 0.573 e. The summed E-state index contributed by atoms with van der Waals surface area (Å²) in [5.74, 6) is -1.16. The molecule has 182 valence electrons. The van der Waals surface area contributed by atoms with Crippen LogP contribution in [-0.4, -0.2) is 50.4 Å². The Balaban J connectivity index is 2.04. The molecule has 1 aliphatic rings. The topological polar surface area (TPSA) is 128 Å². The third kappa shape index (κ3) is 5.75. The lowest BCUT2D eigenvalue weighted by Gasteiger charge is -2.30. The fraction of sp³-hybridized carbons (Fsp3) is 0.250. The third-order valence-electron chi connectivity index (χ3n) is 4.28. The maximum atomic E-state index is 13.4. The summed E-state index contributed by atoms with van der Waals surface area (Å²) in [5.41, 5.74) is 6.80. The van der Waals surface area contributed by atoms with Crippen LogP contribution in [0.2, 0.25) is 0 Å². The van der Waals surface area contributed by atoms with Crippen LogP contribution in [0.25, 0.3) is 0 Å². The minimum absolute atomic E-state index is 0.222. The Morgan fingerprint density at radius 2 is 1.79 bits per heavy atom. The van der Waals surface area contributed by atoms with Gasteiger partial charge in [-0.1, -0.05) is 29.8 Å². The molecule has 1 unspecified atom stereocenters. The Kier molecular flexibility index (Phi) is 7.00. The predicted molar refractivity (Wildman–Crippen MR) is 117 cm³/mol. The fourth-order valence-corrected chi connectivity index (χ4v) is 4.42. The number of hydrogen-bond donors (Lipinski definition) is 1. The zero-order valence-corrected chi connectivity index (χ0v) is 19.0. The van der Waals surface area contributed by atoms with Crippen molar-refractivity contribution in [1.82, 2.24) is 4.31 Å². The van der Waals surface area contributed by atoms with Crippen LogP contribution in [0.1, 0.15) is 12.5 Å². The van der Waals surface area contributed by atoms with Gasteiger partial charge in [0.1, 0.15) is 22.6 Å². The van der Waals surface area contributed by atoms with Gasteiger partial charge < -0.3 is 19.9 Å². The van der Waals surface area contributed by atoms with Crippen molar-refractivity contribution in [3.8, 4) is 11.5 Å². The molecule has 2 aromatic carbocycles. The molecule has 2 N–H and O–H groups in total. The van der Waals surface area contributed by atoms with E-state index in [0.29, 0.717) is 10.1 Å². The Labute approximate surface area is 193 Å². The smallest absolute Gasteiger partial charge is 0.467 e. The molecule has 2 aromatic rings. The number of nitrogens with zero attached hydrogens (tertiary/aromatic N) is 4. The number of nitrogens with two attached hydrogens (primary N) is 1. The first kappa shape index (κ1) is 24.8. The predicted octanol–water partition coefficient (Wildman–Crippen LogP) is 3.00. The van der Waals surface area contributed by atoms with Crippen LogP contribution >= 0.6 is 0 Å². The van der Waals surface area contributed by atoms with Crippen LogP contribution in [0.15, 0.2) is 68.4 Å². The highest BCUT2D eigenvalue weighted by atomic mass is 32.2. The van der Waals surface area contributed by atoms with Crippen LogP contribution in [0, 0.1) is 6.92 Å². The molecule has 0 aromatic heterocycles. The molecule has 0 spiro atoms. The van der Waals surface area contributed by atoms with Crippen molar-refractivity contribution >= 4 is 28.0 Å². The van der Waals surface area contributed by atoms with Gasteiger partial charge in [-0.05, 0) is 38.1 Å². The quantitative estimate of drug-likeness (QED) is 0.509. The monoisotopic (exact) mass is 499 g/mol. The molecular weight excluding hydrogens is 479 g/mol. The minimum Gasteiger partial charge on any atom is -0.467 e. The van der Waals surface area contributed by atoms with Crippen molar-refractivity contribution in [2.75, 3.05) is 7.11 Å². The Hall–Kier alpha value is -3.81. The molecule has 1 atom stereocenters. The van der Waals surface area contributed by atoms with Crippen molar-refractivity contribution in [3.63, 3.8) is 0 Å². The van der Waals surface area contributed by atoms with Crippen LogP contribution in [-0.2, 0) is 14.8 Å². The number of rotatable bonds is 4. The lowest BCUT2D eigenvalue weighted by atomic mass is 10.2. The number of methoxy groups -OCH3 is 1. The summed E-state index contributed by atoms with van der Waals surface area (Å²) in [6.07, 6.45) is -6.33. The number of para-hydroxylation sites is 1. The Morgan fingerprint density at radius 3 is 2.41 bits per heavy atom. The minimum atomic E-state index is -5.12. The zero-order chi connectivity index (χ0) is 25.1. The number of hydrogen-bond acceptors (Lipinski definition) is 8. The SMILES string of the molecule is COC1=NC(C)N(S(=O)(=O)c2ccccc2OC(F)(F)F)C(N=C(N)Oc2ccc(C)cc2)=N1. The van der Waals surface area contributed by atoms with Gasteiger partial charge in [-0.2, -0.15) is 9.98 Å². The van der Waals surface area contributed by atoms with E-state index in [1.807, 2.05) is 6.92 Å². The van der Waals surface area contributed by atoms with Crippen LogP contribution in [0.5, 0.6) is 11.5 Å². The third-order valence-corrected chi connectivity index (χ3v) is 6.16. The zero-order valence-electron chi connectivity index (χ0n) is 18.1. The van der Waals surface area contributed by atoms with Gasteiger partial charge in [0.15, 0.2) is 0 Å². The van der Waals surface area contributed by atoms with Crippen LogP contribution in [0.3, 0.4) is 0 Å². The molecule has 0 saturated heterocycles. The first-order valence-electron chi connectivity index (χ1n) is 9.59. The molecule has 14 heteroatoms. The Morgan fingerprint density at radius 1 is 1.15 bits per heavy atom. The molecule has 0 bridgehead atoms. The average Bonchev–Trinajstić information content (AvgIpc) is 2.73. The number of guanidine groups is 1.